The number of fused-ring (bicyclic) bond motifs is 1. The second kappa shape index (κ2) is 7.45. The average Bonchev–Trinajstić information content (AvgIpc) is 2.71. The molecule has 1 aromatic heterocycles. The van der Waals surface area contributed by atoms with Gasteiger partial charge in [-0.2, -0.15) is 5.26 Å². The summed E-state index contributed by atoms with van der Waals surface area (Å²) in [4.78, 5) is 19.5. The Kier molecular flexibility index (Phi) is 4.90. The lowest BCUT2D eigenvalue weighted by molar-refractivity contribution is 0.111. The van der Waals surface area contributed by atoms with Gasteiger partial charge in [0.1, 0.15) is 11.4 Å². The molecule has 0 unspecified atom stereocenters. The van der Waals surface area contributed by atoms with Crippen molar-refractivity contribution in [3.05, 3.63) is 60.4 Å². The third-order valence-electron chi connectivity index (χ3n) is 3.90. The molecule has 128 valence electrons. The van der Waals surface area contributed by atoms with Gasteiger partial charge >= 0.3 is 0 Å². The van der Waals surface area contributed by atoms with Crippen molar-refractivity contribution in [1.29, 1.82) is 5.26 Å². The van der Waals surface area contributed by atoms with Crippen LogP contribution < -0.4 is 10.1 Å². The SMILES string of the molecule is C=C(C#N)CNc1c(OC)ccc2ccc(-c3nccc(C=O)n3)cc12. The summed E-state index contributed by atoms with van der Waals surface area (Å²) in [5, 5.41) is 14.0. The Hall–Kier alpha value is -3.72. The zero-order valence-electron chi connectivity index (χ0n) is 14.2. The monoisotopic (exact) mass is 344 g/mol. The number of hydrogen-bond donors (Lipinski definition) is 1. The second-order valence-corrected chi connectivity index (χ2v) is 5.57. The van der Waals surface area contributed by atoms with Crippen LogP contribution in [0.3, 0.4) is 0 Å². The van der Waals surface area contributed by atoms with E-state index in [4.69, 9.17) is 10.00 Å². The van der Waals surface area contributed by atoms with Gasteiger partial charge in [0.2, 0.25) is 0 Å². The lowest BCUT2D eigenvalue weighted by atomic mass is 10.0. The van der Waals surface area contributed by atoms with Crippen molar-refractivity contribution in [3.8, 4) is 23.2 Å². The quantitative estimate of drug-likeness (QED) is 0.543. The van der Waals surface area contributed by atoms with E-state index < -0.39 is 0 Å². The van der Waals surface area contributed by atoms with Crippen LogP contribution in [0.4, 0.5) is 5.69 Å². The van der Waals surface area contributed by atoms with Gasteiger partial charge in [-0.15, -0.1) is 0 Å². The molecule has 0 saturated heterocycles. The van der Waals surface area contributed by atoms with E-state index in [0.29, 0.717) is 35.7 Å². The largest absolute Gasteiger partial charge is 0.495 e. The maximum Gasteiger partial charge on any atom is 0.168 e. The van der Waals surface area contributed by atoms with E-state index in [1.807, 2.05) is 36.4 Å². The summed E-state index contributed by atoms with van der Waals surface area (Å²) in [6, 6.07) is 13.2. The van der Waals surface area contributed by atoms with Gasteiger partial charge in [0, 0.05) is 29.3 Å². The van der Waals surface area contributed by atoms with Crippen molar-refractivity contribution in [2.24, 2.45) is 0 Å². The molecule has 0 saturated carbocycles. The van der Waals surface area contributed by atoms with Gasteiger partial charge in [-0.3, -0.25) is 4.79 Å². The molecule has 0 amide bonds. The maximum atomic E-state index is 11.0. The summed E-state index contributed by atoms with van der Waals surface area (Å²) < 4.78 is 5.45. The third-order valence-corrected chi connectivity index (χ3v) is 3.90. The fourth-order valence-corrected chi connectivity index (χ4v) is 2.60. The van der Waals surface area contributed by atoms with E-state index in [0.717, 1.165) is 22.0 Å². The molecule has 0 fully saturated rings. The van der Waals surface area contributed by atoms with E-state index in [1.54, 1.807) is 19.4 Å². The number of hydrogen-bond acceptors (Lipinski definition) is 6. The molecule has 0 aliphatic rings. The highest BCUT2D eigenvalue weighted by molar-refractivity contribution is 5.99. The number of ether oxygens (including phenoxy) is 1. The molecule has 3 aromatic rings. The van der Waals surface area contributed by atoms with E-state index in [1.165, 1.54) is 0 Å². The number of aldehydes is 1. The van der Waals surface area contributed by atoms with Crippen molar-refractivity contribution >= 4 is 22.7 Å². The molecule has 3 rings (SSSR count). The zero-order valence-corrected chi connectivity index (χ0v) is 14.2. The molecule has 1 N–H and O–H groups in total. The number of nitriles is 1. The standard InChI is InChI=1S/C20H16N4O2/c1-13(10-21)11-23-19-17-9-15(20-22-8-7-16(12-25)24-20)4-3-14(17)5-6-18(19)26-2/h3-9,12,23H,1,11H2,2H3. The summed E-state index contributed by atoms with van der Waals surface area (Å²) in [6.45, 7) is 4.00. The zero-order chi connectivity index (χ0) is 18.5. The summed E-state index contributed by atoms with van der Waals surface area (Å²) in [5.74, 6) is 1.12. The number of nitrogens with one attached hydrogen (secondary N) is 1. The Balaban J connectivity index is 2.13. The molecule has 6 nitrogen and oxygen atoms in total. The molecule has 1 heterocycles. The van der Waals surface area contributed by atoms with Crippen LogP contribution in [0.1, 0.15) is 10.5 Å². The Labute approximate surface area is 150 Å². The number of methoxy groups -OCH3 is 1. The van der Waals surface area contributed by atoms with Crippen LogP contribution in [0.2, 0.25) is 0 Å². The first-order chi connectivity index (χ1) is 12.7. The number of anilines is 1. The smallest absolute Gasteiger partial charge is 0.168 e. The lowest BCUT2D eigenvalue weighted by Crippen LogP contribution is -2.05. The number of nitrogens with zero attached hydrogens (tertiary/aromatic N) is 3. The molecular formula is C20H16N4O2. The predicted octanol–water partition coefficient (Wildman–Crippen LogP) is 3.61. The van der Waals surface area contributed by atoms with Crippen LogP contribution in [0, 0.1) is 11.3 Å². The van der Waals surface area contributed by atoms with E-state index >= 15 is 0 Å². The minimum absolute atomic E-state index is 0.313. The van der Waals surface area contributed by atoms with Crippen molar-refractivity contribution < 1.29 is 9.53 Å². The number of aromatic nitrogens is 2. The van der Waals surface area contributed by atoms with Crippen molar-refractivity contribution in [2.75, 3.05) is 19.0 Å². The number of carbonyl (C=O) groups excluding carboxylic acids is 1. The number of rotatable bonds is 6. The van der Waals surface area contributed by atoms with Crippen molar-refractivity contribution in [2.45, 2.75) is 0 Å². The van der Waals surface area contributed by atoms with E-state index in [9.17, 15) is 4.79 Å². The fraction of sp³-hybridized carbons (Fsp3) is 0.100. The van der Waals surface area contributed by atoms with Crippen LogP contribution in [0.25, 0.3) is 22.2 Å². The van der Waals surface area contributed by atoms with Gasteiger partial charge in [-0.1, -0.05) is 24.8 Å². The summed E-state index contributed by atoms with van der Waals surface area (Å²) in [7, 11) is 1.59. The van der Waals surface area contributed by atoms with Gasteiger partial charge in [-0.25, -0.2) is 9.97 Å². The Morgan fingerprint density at radius 3 is 2.88 bits per heavy atom. The first-order valence-electron chi connectivity index (χ1n) is 7.87. The van der Waals surface area contributed by atoms with Gasteiger partial charge < -0.3 is 10.1 Å². The maximum absolute atomic E-state index is 11.0. The molecule has 0 bridgehead atoms. The van der Waals surface area contributed by atoms with E-state index in [-0.39, 0.29) is 0 Å². The van der Waals surface area contributed by atoms with Gasteiger partial charge in [-0.05, 0) is 23.6 Å². The van der Waals surface area contributed by atoms with Crippen LogP contribution in [-0.4, -0.2) is 29.9 Å². The Morgan fingerprint density at radius 1 is 1.35 bits per heavy atom. The molecule has 0 spiro atoms. The third kappa shape index (κ3) is 3.37. The molecule has 0 aliphatic carbocycles. The molecule has 0 aliphatic heterocycles. The van der Waals surface area contributed by atoms with Crippen LogP contribution in [0.15, 0.2) is 54.7 Å². The molecule has 0 atom stereocenters. The van der Waals surface area contributed by atoms with Crippen LogP contribution in [0.5, 0.6) is 5.75 Å². The summed E-state index contributed by atoms with van der Waals surface area (Å²) >= 11 is 0. The highest BCUT2D eigenvalue weighted by atomic mass is 16.5. The van der Waals surface area contributed by atoms with Crippen molar-refractivity contribution in [1.82, 2.24) is 9.97 Å². The highest BCUT2D eigenvalue weighted by Gasteiger charge is 2.11. The average molecular weight is 344 g/mol. The van der Waals surface area contributed by atoms with Gasteiger partial charge in [0.15, 0.2) is 12.1 Å². The predicted molar refractivity (Wildman–Crippen MR) is 100 cm³/mol. The summed E-state index contributed by atoms with van der Waals surface area (Å²) in [5.41, 5.74) is 2.28. The molecule has 2 aromatic carbocycles. The lowest BCUT2D eigenvalue weighted by Gasteiger charge is -2.14. The van der Waals surface area contributed by atoms with E-state index in [2.05, 4.69) is 21.9 Å². The normalized spacial score (nSPS) is 10.2. The number of benzene rings is 2. The minimum atomic E-state index is 0.313. The Bertz CT molecular complexity index is 1040. The minimum Gasteiger partial charge on any atom is -0.495 e. The fourth-order valence-electron chi connectivity index (χ4n) is 2.60. The molecule has 6 heteroatoms. The molecule has 26 heavy (non-hydrogen) atoms. The van der Waals surface area contributed by atoms with Crippen molar-refractivity contribution in [3.63, 3.8) is 0 Å². The number of carbonyl (C=O) groups is 1. The van der Waals surface area contributed by atoms with Gasteiger partial charge in [0.05, 0.1) is 18.9 Å². The first kappa shape index (κ1) is 17.1. The summed E-state index contributed by atoms with van der Waals surface area (Å²) in [6.07, 6.45) is 2.24. The first-order valence-corrected chi connectivity index (χ1v) is 7.87. The topological polar surface area (TPSA) is 87.9 Å². The Morgan fingerprint density at radius 2 is 2.15 bits per heavy atom. The van der Waals surface area contributed by atoms with Crippen LogP contribution in [-0.2, 0) is 0 Å². The highest BCUT2D eigenvalue weighted by Crippen LogP contribution is 2.35. The van der Waals surface area contributed by atoms with Crippen LogP contribution >= 0.6 is 0 Å². The van der Waals surface area contributed by atoms with Gasteiger partial charge in [0.25, 0.3) is 0 Å². The second-order valence-electron chi connectivity index (χ2n) is 5.57. The molecule has 0 radical (unpaired) electrons. The molecular weight excluding hydrogens is 328 g/mol.